The standard InChI is InChI=1S/C27H26FNO7/c1-15(2)10-13-22(16-14-21(32)25-19(30)11-12-20(31)26(25)27(16)35)36-24(34)9-5-8-23(33)29-18-7-4-3-6-17(18)28/h3-4,6-7,10-12,14,22,30-31H,5,8-9,13H2,1-2H3,(H,29,33)/t22-/m1/s1. The van der Waals surface area contributed by atoms with E-state index in [0.717, 1.165) is 23.8 Å². The maximum absolute atomic E-state index is 13.7. The van der Waals surface area contributed by atoms with Crippen LogP contribution >= 0.6 is 0 Å². The zero-order chi connectivity index (χ0) is 26.4. The second-order valence-corrected chi connectivity index (χ2v) is 8.52. The van der Waals surface area contributed by atoms with Gasteiger partial charge in [0.25, 0.3) is 0 Å². The van der Waals surface area contributed by atoms with Gasteiger partial charge in [-0.15, -0.1) is 0 Å². The lowest BCUT2D eigenvalue weighted by Gasteiger charge is -2.23. The van der Waals surface area contributed by atoms with Crippen LogP contribution in [0.5, 0.6) is 11.5 Å². The van der Waals surface area contributed by atoms with E-state index in [0.29, 0.717) is 0 Å². The fourth-order valence-corrected chi connectivity index (χ4v) is 3.69. The van der Waals surface area contributed by atoms with Crippen molar-refractivity contribution in [3.63, 3.8) is 0 Å². The number of hydrogen-bond donors (Lipinski definition) is 3. The second-order valence-electron chi connectivity index (χ2n) is 8.52. The second kappa shape index (κ2) is 11.4. The van der Waals surface area contributed by atoms with Crippen molar-refractivity contribution < 1.29 is 38.5 Å². The first-order valence-electron chi connectivity index (χ1n) is 11.3. The predicted octanol–water partition coefficient (Wildman–Crippen LogP) is 4.62. The van der Waals surface area contributed by atoms with E-state index in [9.17, 15) is 33.8 Å². The normalized spacial score (nSPS) is 13.4. The number of allylic oxidation sites excluding steroid dienone is 2. The highest BCUT2D eigenvalue weighted by atomic mass is 19.1. The Balaban J connectivity index is 1.69. The molecule has 2 aromatic rings. The summed E-state index contributed by atoms with van der Waals surface area (Å²) < 4.78 is 19.2. The summed E-state index contributed by atoms with van der Waals surface area (Å²) in [5, 5.41) is 22.6. The van der Waals surface area contributed by atoms with E-state index in [1.165, 1.54) is 18.2 Å². The molecule has 0 spiro atoms. The number of rotatable bonds is 9. The first kappa shape index (κ1) is 26.3. The molecule has 1 aliphatic carbocycles. The molecule has 0 radical (unpaired) electrons. The van der Waals surface area contributed by atoms with Gasteiger partial charge in [0, 0.05) is 24.8 Å². The average molecular weight is 496 g/mol. The number of nitrogens with one attached hydrogen (secondary N) is 1. The van der Waals surface area contributed by atoms with Gasteiger partial charge in [0.2, 0.25) is 5.91 Å². The zero-order valence-electron chi connectivity index (χ0n) is 19.8. The third-order valence-electron chi connectivity index (χ3n) is 5.48. The number of para-hydroxylation sites is 1. The van der Waals surface area contributed by atoms with Crippen LogP contribution in [0, 0.1) is 5.82 Å². The van der Waals surface area contributed by atoms with Crippen LogP contribution in [0.25, 0.3) is 0 Å². The van der Waals surface area contributed by atoms with E-state index >= 15 is 0 Å². The summed E-state index contributed by atoms with van der Waals surface area (Å²) in [4.78, 5) is 50.4. The Hall–Kier alpha value is -4.27. The lowest BCUT2D eigenvalue weighted by molar-refractivity contribution is -0.147. The van der Waals surface area contributed by atoms with E-state index in [1.807, 2.05) is 13.8 Å². The maximum atomic E-state index is 13.7. The van der Waals surface area contributed by atoms with Crippen molar-refractivity contribution in [2.75, 3.05) is 5.32 Å². The number of ketones is 2. The van der Waals surface area contributed by atoms with Crippen molar-refractivity contribution in [1.82, 2.24) is 0 Å². The number of hydrogen-bond acceptors (Lipinski definition) is 7. The highest BCUT2D eigenvalue weighted by Gasteiger charge is 2.35. The van der Waals surface area contributed by atoms with Gasteiger partial charge in [-0.1, -0.05) is 23.8 Å². The molecule has 2 aromatic carbocycles. The van der Waals surface area contributed by atoms with Crippen molar-refractivity contribution in [3.8, 4) is 11.5 Å². The Labute approximate surface area is 207 Å². The fourth-order valence-electron chi connectivity index (χ4n) is 3.69. The number of carbonyl (C=O) groups excluding carboxylic acids is 4. The lowest BCUT2D eigenvalue weighted by atomic mass is 9.85. The number of phenols is 2. The molecule has 3 rings (SSSR count). The first-order chi connectivity index (χ1) is 17.1. The summed E-state index contributed by atoms with van der Waals surface area (Å²) >= 11 is 0. The van der Waals surface area contributed by atoms with Crippen molar-refractivity contribution in [3.05, 3.63) is 76.6 Å². The minimum Gasteiger partial charge on any atom is -0.507 e. The van der Waals surface area contributed by atoms with Crippen LogP contribution in [0.4, 0.5) is 10.1 Å². The van der Waals surface area contributed by atoms with Crippen LogP contribution < -0.4 is 5.32 Å². The molecule has 0 saturated carbocycles. The Morgan fingerprint density at radius 3 is 2.36 bits per heavy atom. The zero-order valence-corrected chi connectivity index (χ0v) is 19.8. The van der Waals surface area contributed by atoms with Gasteiger partial charge in [-0.2, -0.15) is 0 Å². The molecule has 0 unspecified atom stereocenters. The molecule has 1 amide bonds. The summed E-state index contributed by atoms with van der Waals surface area (Å²) in [6.07, 6.45) is 1.60. The number of halogens is 1. The number of ether oxygens (including phenoxy) is 1. The van der Waals surface area contributed by atoms with Gasteiger partial charge in [-0.05, 0) is 50.6 Å². The lowest BCUT2D eigenvalue weighted by Crippen LogP contribution is -2.29. The molecule has 0 aromatic heterocycles. The van der Waals surface area contributed by atoms with E-state index in [-0.39, 0.29) is 48.1 Å². The van der Waals surface area contributed by atoms with Crippen molar-refractivity contribution in [2.45, 2.75) is 45.6 Å². The maximum Gasteiger partial charge on any atom is 0.306 e. The molecule has 8 nitrogen and oxygen atoms in total. The molecule has 9 heteroatoms. The molecule has 0 bridgehead atoms. The minimum atomic E-state index is -1.12. The largest absolute Gasteiger partial charge is 0.507 e. The van der Waals surface area contributed by atoms with Gasteiger partial charge < -0.3 is 20.3 Å². The Bertz CT molecular complexity index is 1270. The first-order valence-corrected chi connectivity index (χ1v) is 11.3. The van der Waals surface area contributed by atoms with Crippen LogP contribution in [0.3, 0.4) is 0 Å². The summed E-state index contributed by atoms with van der Waals surface area (Å²) in [5.41, 5.74) is 0.139. The van der Waals surface area contributed by atoms with Crippen molar-refractivity contribution >= 4 is 29.1 Å². The van der Waals surface area contributed by atoms with Gasteiger partial charge in [0.1, 0.15) is 23.4 Å². The van der Waals surface area contributed by atoms with Crippen LogP contribution in [-0.4, -0.2) is 39.8 Å². The van der Waals surface area contributed by atoms with Gasteiger partial charge in [0.05, 0.1) is 16.8 Å². The molecule has 0 heterocycles. The number of esters is 1. The van der Waals surface area contributed by atoms with Crippen molar-refractivity contribution in [1.29, 1.82) is 0 Å². The number of anilines is 1. The van der Waals surface area contributed by atoms with Crippen LogP contribution in [0.2, 0.25) is 0 Å². The van der Waals surface area contributed by atoms with Gasteiger partial charge in [0.15, 0.2) is 11.6 Å². The van der Waals surface area contributed by atoms with Gasteiger partial charge in [-0.3, -0.25) is 19.2 Å². The number of carbonyl (C=O) groups is 4. The smallest absolute Gasteiger partial charge is 0.306 e. The van der Waals surface area contributed by atoms with E-state index in [1.54, 1.807) is 12.1 Å². The molecular formula is C27H26FNO7. The monoisotopic (exact) mass is 495 g/mol. The Morgan fingerprint density at radius 1 is 1.03 bits per heavy atom. The number of benzene rings is 2. The molecule has 0 aliphatic heterocycles. The van der Waals surface area contributed by atoms with Crippen molar-refractivity contribution in [2.24, 2.45) is 0 Å². The van der Waals surface area contributed by atoms with Crippen LogP contribution in [0.15, 0.2) is 59.7 Å². The number of Topliss-reactive ketones (excluding diaryl/α,β-unsaturated/α-hetero) is 1. The number of fused-ring (bicyclic) bond motifs is 1. The Morgan fingerprint density at radius 2 is 1.69 bits per heavy atom. The highest BCUT2D eigenvalue weighted by molar-refractivity contribution is 6.27. The van der Waals surface area contributed by atoms with E-state index in [4.69, 9.17) is 4.74 Å². The Kier molecular flexibility index (Phi) is 8.37. The summed E-state index contributed by atoms with van der Waals surface area (Å²) in [7, 11) is 0. The summed E-state index contributed by atoms with van der Waals surface area (Å²) in [5.74, 6) is -4.10. The number of phenolic OH excluding ortho intramolecular Hbond substituents is 2. The summed E-state index contributed by atoms with van der Waals surface area (Å²) in [6.45, 7) is 3.63. The molecule has 0 fully saturated rings. The third kappa shape index (κ3) is 6.24. The third-order valence-corrected chi connectivity index (χ3v) is 5.48. The molecule has 3 N–H and O–H groups in total. The van der Waals surface area contributed by atoms with Gasteiger partial charge in [-0.25, -0.2) is 4.39 Å². The van der Waals surface area contributed by atoms with E-state index < -0.39 is 46.9 Å². The number of aromatic hydroxyl groups is 2. The summed E-state index contributed by atoms with van der Waals surface area (Å²) in [6, 6.07) is 7.92. The predicted molar refractivity (Wildman–Crippen MR) is 129 cm³/mol. The molecule has 0 saturated heterocycles. The van der Waals surface area contributed by atoms with Gasteiger partial charge >= 0.3 is 5.97 Å². The molecule has 1 aliphatic rings. The number of amides is 1. The average Bonchev–Trinajstić information content (AvgIpc) is 2.82. The van der Waals surface area contributed by atoms with Crippen LogP contribution in [-0.2, 0) is 14.3 Å². The SMILES string of the molecule is CC(C)=CC[C@@H](OC(=O)CCCC(=O)Nc1ccccc1F)C1=CC(=O)c2c(O)ccc(O)c2C1=O. The molecule has 188 valence electrons. The topological polar surface area (TPSA) is 130 Å². The molecule has 36 heavy (non-hydrogen) atoms. The minimum absolute atomic E-state index is 0.0360. The quantitative estimate of drug-likeness (QED) is 0.263. The fraction of sp³-hybridized carbons (Fsp3) is 0.259. The van der Waals surface area contributed by atoms with Crippen LogP contribution in [0.1, 0.15) is 60.2 Å². The molecule has 1 atom stereocenters. The van der Waals surface area contributed by atoms with E-state index in [2.05, 4.69) is 5.32 Å². The molecular weight excluding hydrogens is 469 g/mol. The highest BCUT2D eigenvalue weighted by Crippen LogP contribution is 2.36.